The first-order valence-electron chi connectivity index (χ1n) is 6.37. The van der Waals surface area contributed by atoms with Gasteiger partial charge < -0.3 is 10.1 Å². The van der Waals surface area contributed by atoms with Gasteiger partial charge >= 0.3 is 6.36 Å². The number of ether oxygens (including phenoxy) is 1. The predicted molar refractivity (Wildman–Crippen MR) is 80.4 cm³/mol. The van der Waals surface area contributed by atoms with Gasteiger partial charge in [-0.05, 0) is 25.1 Å². The fraction of sp³-hybridized carbons (Fsp3) is 0.538. The molecule has 0 spiro atoms. The number of hydrogen-bond donors (Lipinski definition) is 1. The molecule has 0 aliphatic carbocycles. The van der Waals surface area contributed by atoms with Crippen LogP contribution in [0.4, 0.5) is 17.6 Å². The third kappa shape index (κ3) is 5.79. The van der Waals surface area contributed by atoms with Crippen molar-refractivity contribution in [3.8, 4) is 5.75 Å². The lowest BCUT2D eigenvalue weighted by atomic mass is 10.1. The predicted octanol–water partition coefficient (Wildman–Crippen LogP) is 3.53. The van der Waals surface area contributed by atoms with Crippen LogP contribution in [0.15, 0.2) is 18.2 Å². The van der Waals surface area contributed by atoms with Gasteiger partial charge in [-0.2, -0.15) is 0 Å². The first kappa shape index (κ1) is 21.2. The molecular weight excluding hydrogens is 347 g/mol. The Labute approximate surface area is 138 Å². The number of rotatable bonds is 3. The largest absolute Gasteiger partial charge is 0.573 e. The molecule has 128 valence electrons. The third-order valence-corrected chi connectivity index (χ3v) is 3.35. The van der Waals surface area contributed by atoms with Crippen LogP contribution >= 0.6 is 24.8 Å². The molecule has 1 fully saturated rings. The van der Waals surface area contributed by atoms with Gasteiger partial charge in [0.1, 0.15) is 11.6 Å². The van der Waals surface area contributed by atoms with E-state index < -0.39 is 17.9 Å². The van der Waals surface area contributed by atoms with Crippen molar-refractivity contribution in [1.29, 1.82) is 0 Å². The standard InChI is InChI=1S/C13H16F4N2O.2ClH/c1-9(19-6-4-18-5-7-19)11-8-10(2-3-12(11)14)20-13(15,16)17;;/h2-3,8-9,18H,4-7H2,1H3;2*1H/t9-;;/m0../s1. The molecule has 1 heterocycles. The summed E-state index contributed by atoms with van der Waals surface area (Å²) < 4.78 is 54.3. The van der Waals surface area contributed by atoms with Crippen molar-refractivity contribution in [2.45, 2.75) is 19.3 Å². The molecule has 3 nitrogen and oxygen atoms in total. The summed E-state index contributed by atoms with van der Waals surface area (Å²) in [6, 6.07) is 2.82. The van der Waals surface area contributed by atoms with Crippen LogP contribution in [0.25, 0.3) is 0 Å². The lowest BCUT2D eigenvalue weighted by Crippen LogP contribution is -2.44. The smallest absolute Gasteiger partial charge is 0.406 e. The summed E-state index contributed by atoms with van der Waals surface area (Å²) in [4.78, 5) is 2.02. The first-order valence-corrected chi connectivity index (χ1v) is 6.37. The molecule has 1 atom stereocenters. The Kier molecular flexibility index (Phi) is 8.46. The molecule has 0 radical (unpaired) electrons. The molecule has 22 heavy (non-hydrogen) atoms. The lowest BCUT2D eigenvalue weighted by molar-refractivity contribution is -0.274. The number of piperazine rings is 1. The number of halogens is 6. The summed E-state index contributed by atoms with van der Waals surface area (Å²) in [5.74, 6) is -0.915. The minimum atomic E-state index is -4.77. The van der Waals surface area contributed by atoms with Crippen LogP contribution in [0, 0.1) is 5.82 Å². The molecule has 0 bridgehead atoms. The van der Waals surface area contributed by atoms with Gasteiger partial charge in [0.2, 0.25) is 0 Å². The topological polar surface area (TPSA) is 24.5 Å². The molecule has 1 aliphatic rings. The minimum absolute atomic E-state index is 0. The fourth-order valence-corrected chi connectivity index (χ4v) is 2.31. The zero-order valence-corrected chi connectivity index (χ0v) is 13.5. The molecule has 1 saturated heterocycles. The molecule has 1 N–H and O–H groups in total. The van der Waals surface area contributed by atoms with Gasteiger partial charge in [-0.15, -0.1) is 38.0 Å². The summed E-state index contributed by atoms with van der Waals surface area (Å²) in [6.07, 6.45) is -4.77. The molecule has 0 aromatic heterocycles. The van der Waals surface area contributed by atoms with Crippen molar-refractivity contribution >= 4 is 24.8 Å². The molecule has 1 aromatic carbocycles. The fourth-order valence-electron chi connectivity index (χ4n) is 2.31. The number of alkyl halides is 3. The Morgan fingerprint density at radius 1 is 1.18 bits per heavy atom. The average molecular weight is 365 g/mol. The van der Waals surface area contributed by atoms with E-state index >= 15 is 0 Å². The highest BCUT2D eigenvalue weighted by Gasteiger charge is 2.31. The second-order valence-electron chi connectivity index (χ2n) is 4.69. The van der Waals surface area contributed by atoms with E-state index in [9.17, 15) is 17.6 Å². The molecule has 1 aliphatic heterocycles. The van der Waals surface area contributed by atoms with Crippen LogP contribution in [0.5, 0.6) is 5.75 Å². The maximum absolute atomic E-state index is 13.8. The first-order chi connectivity index (χ1) is 9.37. The van der Waals surface area contributed by atoms with Crippen molar-refractivity contribution < 1.29 is 22.3 Å². The van der Waals surface area contributed by atoms with E-state index in [4.69, 9.17) is 0 Å². The van der Waals surface area contributed by atoms with Gasteiger partial charge in [-0.3, -0.25) is 4.90 Å². The summed E-state index contributed by atoms with van der Waals surface area (Å²) in [6.45, 7) is 4.80. The summed E-state index contributed by atoms with van der Waals surface area (Å²) in [7, 11) is 0. The maximum atomic E-state index is 13.8. The SMILES string of the molecule is C[C@@H](c1cc(OC(F)(F)F)ccc1F)N1CCNCC1.Cl.Cl. The van der Waals surface area contributed by atoms with Gasteiger partial charge in [0.05, 0.1) is 0 Å². The second kappa shape index (κ2) is 8.76. The zero-order valence-electron chi connectivity index (χ0n) is 11.8. The average Bonchev–Trinajstić information content (AvgIpc) is 2.40. The van der Waals surface area contributed by atoms with E-state index in [0.29, 0.717) is 0 Å². The zero-order chi connectivity index (χ0) is 14.8. The van der Waals surface area contributed by atoms with Gasteiger partial charge in [0.15, 0.2) is 0 Å². The van der Waals surface area contributed by atoms with Crippen molar-refractivity contribution in [2.24, 2.45) is 0 Å². The van der Waals surface area contributed by atoms with E-state index in [1.807, 2.05) is 4.90 Å². The molecule has 0 unspecified atom stereocenters. The number of nitrogens with one attached hydrogen (secondary N) is 1. The Morgan fingerprint density at radius 3 is 2.32 bits per heavy atom. The molecule has 9 heteroatoms. The summed E-state index contributed by atoms with van der Waals surface area (Å²) >= 11 is 0. The van der Waals surface area contributed by atoms with Crippen LogP contribution in [-0.4, -0.2) is 37.4 Å². The summed E-state index contributed by atoms with van der Waals surface area (Å²) in [5, 5.41) is 3.17. The van der Waals surface area contributed by atoms with Gasteiger partial charge in [-0.1, -0.05) is 0 Å². The molecule has 2 rings (SSSR count). The molecular formula is C13H18Cl2F4N2O. The minimum Gasteiger partial charge on any atom is -0.406 e. The van der Waals surface area contributed by atoms with E-state index in [2.05, 4.69) is 10.1 Å². The molecule has 0 saturated carbocycles. The third-order valence-electron chi connectivity index (χ3n) is 3.35. The van der Waals surface area contributed by atoms with E-state index in [0.717, 1.165) is 44.4 Å². The monoisotopic (exact) mass is 364 g/mol. The van der Waals surface area contributed by atoms with Crippen LogP contribution in [0.1, 0.15) is 18.5 Å². The Balaban J connectivity index is 0.00000220. The highest BCUT2D eigenvalue weighted by atomic mass is 35.5. The van der Waals surface area contributed by atoms with E-state index in [1.165, 1.54) is 0 Å². The van der Waals surface area contributed by atoms with Crippen molar-refractivity contribution in [3.63, 3.8) is 0 Å². The normalized spacial score (nSPS) is 17.1. The van der Waals surface area contributed by atoms with Crippen molar-refractivity contribution in [1.82, 2.24) is 10.2 Å². The Morgan fingerprint density at radius 2 is 1.77 bits per heavy atom. The van der Waals surface area contributed by atoms with Gasteiger partial charge in [0.25, 0.3) is 0 Å². The molecule has 0 amide bonds. The molecule has 1 aromatic rings. The number of hydrogen-bond acceptors (Lipinski definition) is 3. The highest BCUT2D eigenvalue weighted by molar-refractivity contribution is 5.85. The van der Waals surface area contributed by atoms with Gasteiger partial charge in [-0.25, -0.2) is 4.39 Å². The van der Waals surface area contributed by atoms with Crippen LogP contribution in [0.3, 0.4) is 0 Å². The van der Waals surface area contributed by atoms with E-state index in [-0.39, 0.29) is 36.4 Å². The quantitative estimate of drug-likeness (QED) is 0.830. The number of nitrogens with zero attached hydrogens (tertiary/aromatic N) is 1. The van der Waals surface area contributed by atoms with Crippen molar-refractivity contribution in [3.05, 3.63) is 29.6 Å². The lowest BCUT2D eigenvalue weighted by Gasteiger charge is -2.33. The highest BCUT2D eigenvalue weighted by Crippen LogP contribution is 2.29. The number of benzene rings is 1. The maximum Gasteiger partial charge on any atom is 0.573 e. The van der Waals surface area contributed by atoms with Crippen LogP contribution in [-0.2, 0) is 0 Å². The Hall–Kier alpha value is -0.760. The van der Waals surface area contributed by atoms with Crippen molar-refractivity contribution in [2.75, 3.05) is 26.2 Å². The van der Waals surface area contributed by atoms with Crippen LogP contribution in [0.2, 0.25) is 0 Å². The van der Waals surface area contributed by atoms with Gasteiger partial charge in [0, 0.05) is 37.8 Å². The van der Waals surface area contributed by atoms with E-state index in [1.54, 1.807) is 6.92 Å². The van der Waals surface area contributed by atoms with Crippen LogP contribution < -0.4 is 10.1 Å². The summed E-state index contributed by atoms with van der Waals surface area (Å²) in [5.41, 5.74) is 0.216. The Bertz CT molecular complexity index is 468. The second-order valence-corrected chi connectivity index (χ2v) is 4.69.